The molecule has 1 nitrogen and oxygen atoms in total. The molecule has 1 aliphatic rings. The van der Waals surface area contributed by atoms with Crippen LogP contribution in [-0.4, -0.2) is 6.54 Å². The zero-order chi connectivity index (χ0) is 9.42. The molecule has 0 aromatic heterocycles. The smallest absolute Gasteiger partial charge is 0.0484 e. The van der Waals surface area contributed by atoms with E-state index in [1.165, 1.54) is 0 Å². The Labute approximate surface area is 92.8 Å². The second-order valence-electron chi connectivity index (χ2n) is 3.08. The van der Waals surface area contributed by atoms with Crippen molar-refractivity contribution in [3.8, 4) is 0 Å². The number of thiol groups is 1. The van der Waals surface area contributed by atoms with Gasteiger partial charge < -0.3 is 5.32 Å². The quantitative estimate of drug-likeness (QED) is 0.651. The summed E-state index contributed by atoms with van der Waals surface area (Å²) in [4.78, 5) is 0. The van der Waals surface area contributed by atoms with Crippen molar-refractivity contribution in [3.63, 3.8) is 0 Å². The SMILES string of the molecule is SC1CCNc2cc(Cl)cc(Cl)c21. The first-order valence-corrected chi connectivity index (χ1v) is 5.36. The highest BCUT2D eigenvalue weighted by atomic mass is 35.5. The van der Waals surface area contributed by atoms with Gasteiger partial charge in [-0.15, -0.1) is 0 Å². The Bertz CT molecular complexity index is 341. The molecule has 1 aromatic rings. The molecule has 1 heterocycles. The van der Waals surface area contributed by atoms with E-state index >= 15 is 0 Å². The first-order valence-electron chi connectivity index (χ1n) is 4.09. The fourth-order valence-electron chi connectivity index (χ4n) is 1.56. The molecule has 1 aromatic carbocycles. The van der Waals surface area contributed by atoms with Crippen molar-refractivity contribution in [3.05, 3.63) is 27.7 Å². The predicted molar refractivity (Wildman–Crippen MR) is 61.3 cm³/mol. The second-order valence-corrected chi connectivity index (χ2v) is 4.55. The van der Waals surface area contributed by atoms with E-state index in [1.807, 2.05) is 6.07 Å². The lowest BCUT2D eigenvalue weighted by Crippen LogP contribution is -2.14. The summed E-state index contributed by atoms with van der Waals surface area (Å²) in [5.41, 5.74) is 2.09. The van der Waals surface area contributed by atoms with Crippen LogP contribution in [0.5, 0.6) is 0 Å². The minimum Gasteiger partial charge on any atom is -0.385 e. The van der Waals surface area contributed by atoms with Crippen molar-refractivity contribution in [2.75, 3.05) is 11.9 Å². The zero-order valence-corrected chi connectivity index (χ0v) is 9.26. The minimum absolute atomic E-state index is 0.223. The summed E-state index contributed by atoms with van der Waals surface area (Å²) in [5.74, 6) is 0. The number of anilines is 1. The van der Waals surface area contributed by atoms with Crippen molar-refractivity contribution in [2.45, 2.75) is 11.7 Å². The largest absolute Gasteiger partial charge is 0.385 e. The number of hydrogen-bond acceptors (Lipinski definition) is 2. The summed E-state index contributed by atoms with van der Waals surface area (Å²) in [6.45, 7) is 0.928. The first-order chi connectivity index (χ1) is 6.18. The van der Waals surface area contributed by atoms with Crippen LogP contribution < -0.4 is 5.32 Å². The van der Waals surface area contributed by atoms with E-state index in [0.717, 1.165) is 24.2 Å². The van der Waals surface area contributed by atoms with Gasteiger partial charge in [0.05, 0.1) is 0 Å². The molecule has 0 aliphatic carbocycles. The molecular weight excluding hydrogens is 225 g/mol. The van der Waals surface area contributed by atoms with Crippen molar-refractivity contribution >= 4 is 41.5 Å². The molecule has 0 spiro atoms. The third-order valence-electron chi connectivity index (χ3n) is 2.16. The second kappa shape index (κ2) is 3.60. The van der Waals surface area contributed by atoms with Crippen LogP contribution in [0, 0.1) is 0 Å². The molecule has 1 aliphatic heterocycles. The van der Waals surface area contributed by atoms with Gasteiger partial charge in [-0.1, -0.05) is 23.2 Å². The molecule has 0 radical (unpaired) electrons. The van der Waals surface area contributed by atoms with E-state index in [0.29, 0.717) is 10.0 Å². The predicted octanol–water partition coefficient (Wildman–Crippen LogP) is 3.78. The summed E-state index contributed by atoms with van der Waals surface area (Å²) in [6, 6.07) is 3.66. The lowest BCUT2D eigenvalue weighted by Gasteiger charge is -2.24. The van der Waals surface area contributed by atoms with Crippen molar-refractivity contribution < 1.29 is 0 Å². The monoisotopic (exact) mass is 233 g/mol. The van der Waals surface area contributed by atoms with Crippen molar-refractivity contribution in [1.82, 2.24) is 0 Å². The molecule has 4 heteroatoms. The lowest BCUT2D eigenvalue weighted by molar-refractivity contribution is 0.816. The number of hydrogen-bond donors (Lipinski definition) is 2. The van der Waals surface area contributed by atoms with Gasteiger partial charge in [0.2, 0.25) is 0 Å². The van der Waals surface area contributed by atoms with Crippen LogP contribution >= 0.6 is 35.8 Å². The molecule has 1 N–H and O–H groups in total. The molecule has 0 bridgehead atoms. The van der Waals surface area contributed by atoms with Gasteiger partial charge in [-0.2, -0.15) is 12.6 Å². The van der Waals surface area contributed by atoms with E-state index in [9.17, 15) is 0 Å². The van der Waals surface area contributed by atoms with Crippen molar-refractivity contribution in [1.29, 1.82) is 0 Å². The van der Waals surface area contributed by atoms with E-state index in [-0.39, 0.29) is 5.25 Å². The molecule has 13 heavy (non-hydrogen) atoms. The van der Waals surface area contributed by atoms with Gasteiger partial charge in [-0.25, -0.2) is 0 Å². The highest BCUT2D eigenvalue weighted by Gasteiger charge is 2.20. The number of nitrogens with one attached hydrogen (secondary N) is 1. The van der Waals surface area contributed by atoms with Gasteiger partial charge in [0.15, 0.2) is 0 Å². The Balaban J connectivity index is 2.56. The van der Waals surface area contributed by atoms with E-state index in [1.54, 1.807) is 6.07 Å². The fourth-order valence-corrected chi connectivity index (χ4v) is 2.67. The number of benzene rings is 1. The Morgan fingerprint density at radius 3 is 2.92 bits per heavy atom. The molecule has 2 rings (SSSR count). The molecular formula is C9H9Cl2NS. The minimum atomic E-state index is 0.223. The topological polar surface area (TPSA) is 12.0 Å². The maximum Gasteiger partial charge on any atom is 0.0484 e. The number of fused-ring (bicyclic) bond motifs is 1. The van der Waals surface area contributed by atoms with Gasteiger partial charge in [-0.05, 0) is 18.6 Å². The summed E-state index contributed by atoms with van der Waals surface area (Å²) in [5, 5.41) is 4.85. The molecule has 1 atom stereocenters. The van der Waals surface area contributed by atoms with Crippen LogP contribution in [0.4, 0.5) is 5.69 Å². The Hall–Kier alpha value is -0.0500. The van der Waals surface area contributed by atoms with Gasteiger partial charge in [0.25, 0.3) is 0 Å². The van der Waals surface area contributed by atoms with Gasteiger partial charge >= 0.3 is 0 Å². The van der Waals surface area contributed by atoms with Crippen LogP contribution in [0.2, 0.25) is 10.0 Å². The van der Waals surface area contributed by atoms with Gasteiger partial charge in [0, 0.05) is 33.1 Å². The van der Waals surface area contributed by atoms with Gasteiger partial charge in [0.1, 0.15) is 0 Å². The normalized spacial score (nSPS) is 20.7. The van der Waals surface area contributed by atoms with E-state index in [4.69, 9.17) is 23.2 Å². The van der Waals surface area contributed by atoms with Crippen LogP contribution in [0.1, 0.15) is 17.2 Å². The van der Waals surface area contributed by atoms with Crippen molar-refractivity contribution in [2.24, 2.45) is 0 Å². The maximum absolute atomic E-state index is 6.07. The molecule has 0 amide bonds. The van der Waals surface area contributed by atoms with E-state index < -0.39 is 0 Å². The highest BCUT2D eigenvalue weighted by molar-refractivity contribution is 7.80. The Morgan fingerprint density at radius 1 is 1.38 bits per heavy atom. The first kappa shape index (κ1) is 9.50. The molecule has 0 saturated heterocycles. The Morgan fingerprint density at radius 2 is 2.15 bits per heavy atom. The Kier molecular flexibility index (Phi) is 2.63. The summed E-state index contributed by atoms with van der Waals surface area (Å²) in [7, 11) is 0. The lowest BCUT2D eigenvalue weighted by atomic mass is 10.0. The third kappa shape index (κ3) is 1.76. The average molecular weight is 234 g/mol. The summed E-state index contributed by atoms with van der Waals surface area (Å²) < 4.78 is 0. The van der Waals surface area contributed by atoms with Crippen LogP contribution in [0.3, 0.4) is 0 Å². The summed E-state index contributed by atoms with van der Waals surface area (Å²) in [6.07, 6.45) is 0.997. The van der Waals surface area contributed by atoms with Crippen LogP contribution in [0.25, 0.3) is 0 Å². The molecule has 70 valence electrons. The molecule has 1 unspecified atom stereocenters. The van der Waals surface area contributed by atoms with Gasteiger partial charge in [-0.3, -0.25) is 0 Å². The highest BCUT2D eigenvalue weighted by Crippen LogP contribution is 2.40. The average Bonchev–Trinajstić information content (AvgIpc) is 2.02. The van der Waals surface area contributed by atoms with Crippen LogP contribution in [0.15, 0.2) is 12.1 Å². The maximum atomic E-state index is 6.07. The molecule has 0 saturated carbocycles. The van der Waals surface area contributed by atoms with E-state index in [2.05, 4.69) is 17.9 Å². The standard InChI is InChI=1S/C9H9Cl2NS/c10-5-3-6(11)9-7(4-5)12-2-1-8(9)13/h3-4,8,12-13H,1-2H2. The third-order valence-corrected chi connectivity index (χ3v) is 3.21. The zero-order valence-electron chi connectivity index (χ0n) is 6.85. The number of halogens is 2. The number of rotatable bonds is 0. The molecule has 0 fully saturated rings. The summed E-state index contributed by atoms with van der Waals surface area (Å²) >= 11 is 16.4. The van der Waals surface area contributed by atoms with Crippen LogP contribution in [-0.2, 0) is 0 Å². The fraction of sp³-hybridized carbons (Fsp3) is 0.333.